The number of hydrogen-bond acceptors (Lipinski definition) is 5. The van der Waals surface area contributed by atoms with Crippen molar-refractivity contribution in [1.82, 2.24) is 19.7 Å². The molecule has 6 heteroatoms. The highest BCUT2D eigenvalue weighted by molar-refractivity contribution is 5.91. The summed E-state index contributed by atoms with van der Waals surface area (Å²) in [6.45, 7) is 13.4. The van der Waals surface area contributed by atoms with Gasteiger partial charge in [-0.25, -0.2) is 9.97 Å². The largest absolute Gasteiger partial charge is 0.477 e. The summed E-state index contributed by atoms with van der Waals surface area (Å²) >= 11 is 0. The second-order valence-electron chi connectivity index (χ2n) is 6.85. The highest BCUT2D eigenvalue weighted by Gasteiger charge is 2.17. The van der Waals surface area contributed by atoms with Crippen molar-refractivity contribution in [3.63, 3.8) is 0 Å². The molecule has 3 rings (SSSR count). The molecule has 0 aliphatic rings. The number of fused-ring (bicyclic) bond motifs is 1. The molecule has 1 atom stereocenters. The summed E-state index contributed by atoms with van der Waals surface area (Å²) in [5, 5.41) is 8.18. The lowest BCUT2D eigenvalue weighted by Crippen LogP contribution is -2.10. The van der Waals surface area contributed by atoms with Crippen molar-refractivity contribution in [2.75, 3.05) is 18.5 Å². The molecule has 1 unspecified atom stereocenters. The van der Waals surface area contributed by atoms with Gasteiger partial charge in [0, 0.05) is 18.8 Å². The molecule has 0 spiro atoms. The van der Waals surface area contributed by atoms with Crippen molar-refractivity contribution in [3.05, 3.63) is 54.9 Å². The minimum Gasteiger partial charge on any atom is -0.477 e. The lowest BCUT2D eigenvalue weighted by Gasteiger charge is -2.16. The maximum atomic E-state index is 5.72. The van der Waals surface area contributed by atoms with Gasteiger partial charge in [0.05, 0.1) is 29.7 Å². The number of nitrogens with one attached hydrogen (secondary N) is 1. The molecular formula is C23H29N5O. The molecule has 0 saturated carbocycles. The number of rotatable bonds is 9. The smallest absolute Gasteiger partial charge is 0.222 e. The lowest BCUT2D eigenvalue weighted by molar-refractivity contribution is 0.328. The summed E-state index contributed by atoms with van der Waals surface area (Å²) in [6.07, 6.45) is 8.47. The molecule has 3 aromatic heterocycles. The molecule has 29 heavy (non-hydrogen) atoms. The van der Waals surface area contributed by atoms with Crippen molar-refractivity contribution in [1.29, 1.82) is 0 Å². The van der Waals surface area contributed by atoms with Gasteiger partial charge in [-0.15, -0.1) is 0 Å². The van der Waals surface area contributed by atoms with E-state index in [9.17, 15) is 0 Å². The third-order valence-electron chi connectivity index (χ3n) is 5.01. The third kappa shape index (κ3) is 4.31. The van der Waals surface area contributed by atoms with Crippen LogP contribution in [0.3, 0.4) is 0 Å². The van der Waals surface area contributed by atoms with Crippen molar-refractivity contribution in [2.45, 2.75) is 40.2 Å². The molecular weight excluding hydrogens is 362 g/mol. The van der Waals surface area contributed by atoms with Gasteiger partial charge in [-0.3, -0.25) is 4.68 Å². The number of hydrogen-bond donors (Lipinski definition) is 1. The minimum absolute atomic E-state index is 0.277. The van der Waals surface area contributed by atoms with E-state index in [4.69, 9.17) is 9.72 Å². The molecule has 0 aromatic carbocycles. The van der Waals surface area contributed by atoms with Gasteiger partial charge in [-0.05, 0) is 51.0 Å². The van der Waals surface area contributed by atoms with Crippen LogP contribution in [0.4, 0.5) is 5.69 Å². The SMILES string of the molecule is C=C/C(=C\C)CNc1cc(-c2cccnc2OCC)nc2cnn(C(C)CC)c12. The Morgan fingerprint density at radius 1 is 1.38 bits per heavy atom. The number of allylic oxidation sites excluding steroid dienone is 1. The van der Waals surface area contributed by atoms with Crippen LogP contribution < -0.4 is 10.1 Å². The third-order valence-corrected chi connectivity index (χ3v) is 5.01. The fourth-order valence-electron chi connectivity index (χ4n) is 3.17. The van der Waals surface area contributed by atoms with Gasteiger partial charge >= 0.3 is 0 Å². The Labute approximate surface area is 172 Å². The standard InChI is InChI=1S/C23H29N5O/c1-6-16(5)28-22-20(25-14-17(7-2)8-3)13-19(27-21(22)15-26-28)18-11-10-12-24-23(18)29-9-4/h7-8,10-13,15-16H,2,6,9,14H2,1,3-5H3,(H,25,27)/b17-8+. The second-order valence-corrected chi connectivity index (χ2v) is 6.85. The normalized spacial score (nSPS) is 12.8. The molecule has 0 saturated heterocycles. The van der Waals surface area contributed by atoms with Crippen molar-refractivity contribution >= 4 is 16.7 Å². The molecule has 0 amide bonds. The van der Waals surface area contributed by atoms with Crippen LogP contribution in [0.25, 0.3) is 22.3 Å². The van der Waals surface area contributed by atoms with Crippen molar-refractivity contribution in [3.8, 4) is 17.1 Å². The van der Waals surface area contributed by atoms with Gasteiger partial charge in [0.1, 0.15) is 11.0 Å². The highest BCUT2D eigenvalue weighted by Crippen LogP contribution is 2.33. The maximum absolute atomic E-state index is 5.72. The molecule has 152 valence electrons. The van der Waals surface area contributed by atoms with E-state index in [1.165, 1.54) is 0 Å². The van der Waals surface area contributed by atoms with E-state index in [-0.39, 0.29) is 6.04 Å². The van der Waals surface area contributed by atoms with Gasteiger partial charge in [-0.1, -0.05) is 25.7 Å². The van der Waals surface area contributed by atoms with Gasteiger partial charge in [0.25, 0.3) is 0 Å². The van der Waals surface area contributed by atoms with Gasteiger partial charge < -0.3 is 10.1 Å². The van der Waals surface area contributed by atoms with Gasteiger partial charge in [-0.2, -0.15) is 5.10 Å². The summed E-state index contributed by atoms with van der Waals surface area (Å²) in [6, 6.07) is 6.21. The van der Waals surface area contributed by atoms with Crippen LogP contribution in [0, 0.1) is 0 Å². The predicted octanol–water partition coefficient (Wildman–Crippen LogP) is 5.41. The topological polar surface area (TPSA) is 64.9 Å². The van der Waals surface area contributed by atoms with E-state index in [0.717, 1.165) is 40.0 Å². The lowest BCUT2D eigenvalue weighted by atomic mass is 10.1. The summed E-state index contributed by atoms with van der Waals surface area (Å²) in [7, 11) is 0. The second kappa shape index (κ2) is 9.37. The van der Waals surface area contributed by atoms with E-state index in [1.54, 1.807) is 6.20 Å². The van der Waals surface area contributed by atoms with Crippen LogP contribution in [0.5, 0.6) is 5.88 Å². The number of nitrogens with zero attached hydrogens (tertiary/aromatic N) is 4. The molecule has 0 aliphatic carbocycles. The van der Waals surface area contributed by atoms with E-state index < -0.39 is 0 Å². The molecule has 0 bridgehead atoms. The average molecular weight is 392 g/mol. The Morgan fingerprint density at radius 2 is 2.21 bits per heavy atom. The Morgan fingerprint density at radius 3 is 2.90 bits per heavy atom. The zero-order valence-electron chi connectivity index (χ0n) is 17.6. The Balaban J connectivity index is 2.15. The van der Waals surface area contributed by atoms with Crippen molar-refractivity contribution in [2.24, 2.45) is 0 Å². The van der Waals surface area contributed by atoms with Crippen molar-refractivity contribution < 1.29 is 4.74 Å². The number of pyridine rings is 2. The summed E-state index contributed by atoms with van der Waals surface area (Å²) in [5.41, 5.74) is 5.63. The predicted molar refractivity (Wildman–Crippen MR) is 119 cm³/mol. The fourth-order valence-corrected chi connectivity index (χ4v) is 3.17. The molecule has 6 nitrogen and oxygen atoms in total. The van der Waals surface area contributed by atoms with Crippen LogP contribution in [-0.4, -0.2) is 32.9 Å². The first kappa shape index (κ1) is 20.6. The van der Waals surface area contributed by atoms with Crippen LogP contribution in [0.1, 0.15) is 40.2 Å². The number of ether oxygens (including phenoxy) is 1. The van der Waals surface area contributed by atoms with Gasteiger partial charge in [0.2, 0.25) is 5.88 Å². The van der Waals surface area contributed by atoms with E-state index in [2.05, 4.69) is 48.0 Å². The quantitative estimate of drug-likeness (QED) is 0.494. The average Bonchev–Trinajstić information content (AvgIpc) is 3.18. The molecule has 0 fully saturated rings. The Kier molecular flexibility index (Phi) is 6.65. The summed E-state index contributed by atoms with van der Waals surface area (Å²) < 4.78 is 7.77. The zero-order valence-corrected chi connectivity index (χ0v) is 17.6. The first-order chi connectivity index (χ1) is 14.1. The first-order valence-electron chi connectivity index (χ1n) is 10.1. The first-order valence-corrected chi connectivity index (χ1v) is 10.1. The van der Waals surface area contributed by atoms with Crippen LogP contribution >= 0.6 is 0 Å². The fraction of sp³-hybridized carbons (Fsp3) is 0.348. The molecule has 0 aliphatic heterocycles. The van der Waals surface area contributed by atoms with E-state index in [0.29, 0.717) is 19.0 Å². The maximum Gasteiger partial charge on any atom is 0.222 e. The van der Waals surface area contributed by atoms with Crippen LogP contribution in [0.2, 0.25) is 0 Å². The van der Waals surface area contributed by atoms with Gasteiger partial charge in [0.15, 0.2) is 0 Å². The number of aromatic nitrogens is 4. The zero-order chi connectivity index (χ0) is 20.8. The monoisotopic (exact) mass is 391 g/mol. The van der Waals surface area contributed by atoms with E-state index in [1.807, 2.05) is 42.9 Å². The summed E-state index contributed by atoms with van der Waals surface area (Å²) in [5.74, 6) is 0.586. The minimum atomic E-state index is 0.277. The van der Waals surface area contributed by atoms with Crippen LogP contribution in [0.15, 0.2) is 54.9 Å². The Hall–Kier alpha value is -3.15. The molecule has 0 radical (unpaired) electrons. The molecule has 3 aromatic rings. The Bertz CT molecular complexity index is 1020. The van der Waals surface area contributed by atoms with E-state index >= 15 is 0 Å². The molecule has 1 N–H and O–H groups in total. The number of anilines is 1. The molecule has 3 heterocycles. The highest BCUT2D eigenvalue weighted by atomic mass is 16.5. The summed E-state index contributed by atoms with van der Waals surface area (Å²) in [4.78, 5) is 9.25. The van der Waals surface area contributed by atoms with Crippen LogP contribution in [-0.2, 0) is 0 Å².